The van der Waals surface area contributed by atoms with E-state index in [0.29, 0.717) is 6.54 Å². The lowest BCUT2D eigenvalue weighted by molar-refractivity contribution is -0.120. The van der Waals surface area contributed by atoms with Crippen LogP contribution in [0.3, 0.4) is 0 Å². The number of benzene rings is 1. The van der Waals surface area contributed by atoms with Crippen molar-refractivity contribution in [2.24, 2.45) is 0 Å². The van der Waals surface area contributed by atoms with Crippen molar-refractivity contribution in [3.63, 3.8) is 0 Å². The van der Waals surface area contributed by atoms with E-state index >= 15 is 0 Å². The minimum Gasteiger partial charge on any atom is -0.348 e. The Morgan fingerprint density at radius 1 is 1.41 bits per heavy atom. The topological polar surface area (TPSA) is 41.1 Å². The van der Waals surface area contributed by atoms with Crippen LogP contribution < -0.4 is 10.6 Å². The highest BCUT2D eigenvalue weighted by Gasteiger charge is 2.08. The molecule has 0 fully saturated rings. The number of carbonyl (C=O) groups excluding carboxylic acids is 1. The van der Waals surface area contributed by atoms with Crippen LogP contribution in [-0.4, -0.2) is 19.0 Å². The van der Waals surface area contributed by atoms with Gasteiger partial charge in [-0.3, -0.25) is 10.1 Å². The smallest absolute Gasteiger partial charge is 0.234 e. The fourth-order valence-corrected chi connectivity index (χ4v) is 1.48. The summed E-state index contributed by atoms with van der Waals surface area (Å²) in [7, 11) is 0. The van der Waals surface area contributed by atoms with E-state index in [0.717, 1.165) is 5.56 Å². The first-order valence-corrected chi connectivity index (χ1v) is 5.63. The van der Waals surface area contributed by atoms with E-state index in [1.165, 1.54) is 5.56 Å². The van der Waals surface area contributed by atoms with Crippen LogP contribution >= 0.6 is 0 Å². The zero-order valence-corrected chi connectivity index (χ0v) is 10.3. The SMILES string of the molecule is C#CCNCC(=O)N[C@H](C)c1ccc(C)cc1. The summed E-state index contributed by atoms with van der Waals surface area (Å²) in [4.78, 5) is 11.5. The third-order valence-corrected chi connectivity index (χ3v) is 2.47. The van der Waals surface area contributed by atoms with Gasteiger partial charge in [-0.2, -0.15) is 0 Å². The molecule has 1 aromatic carbocycles. The Morgan fingerprint density at radius 3 is 2.65 bits per heavy atom. The summed E-state index contributed by atoms with van der Waals surface area (Å²) in [5, 5.41) is 5.76. The molecular formula is C14H18N2O. The van der Waals surface area contributed by atoms with Crippen molar-refractivity contribution in [1.82, 2.24) is 10.6 Å². The lowest BCUT2D eigenvalue weighted by atomic mass is 10.1. The third kappa shape index (κ3) is 4.71. The molecule has 0 unspecified atom stereocenters. The quantitative estimate of drug-likeness (QED) is 0.593. The van der Waals surface area contributed by atoms with Crippen LogP contribution in [-0.2, 0) is 4.79 Å². The zero-order valence-electron chi connectivity index (χ0n) is 10.3. The Kier molecular flexibility index (Phi) is 5.25. The van der Waals surface area contributed by atoms with Crippen LogP contribution in [0.4, 0.5) is 0 Å². The minimum atomic E-state index is -0.0478. The predicted octanol–water partition coefficient (Wildman–Crippen LogP) is 1.40. The number of aryl methyl sites for hydroxylation is 1. The number of hydrogen-bond acceptors (Lipinski definition) is 2. The summed E-state index contributed by atoms with van der Waals surface area (Å²) < 4.78 is 0. The number of amides is 1. The molecule has 3 heteroatoms. The number of hydrogen-bond donors (Lipinski definition) is 2. The fraction of sp³-hybridized carbons (Fsp3) is 0.357. The van der Waals surface area contributed by atoms with Crippen molar-refractivity contribution in [3.05, 3.63) is 35.4 Å². The first-order chi connectivity index (χ1) is 8.13. The molecule has 2 N–H and O–H groups in total. The maximum atomic E-state index is 11.5. The largest absolute Gasteiger partial charge is 0.348 e. The number of terminal acetylenes is 1. The molecule has 3 nitrogen and oxygen atoms in total. The molecule has 0 aliphatic heterocycles. The third-order valence-electron chi connectivity index (χ3n) is 2.47. The van der Waals surface area contributed by atoms with Gasteiger partial charge in [0.1, 0.15) is 0 Å². The Balaban J connectivity index is 2.43. The highest BCUT2D eigenvalue weighted by Crippen LogP contribution is 2.12. The Bertz CT molecular complexity index is 403. The molecule has 0 spiro atoms. The lowest BCUT2D eigenvalue weighted by Crippen LogP contribution is -2.35. The van der Waals surface area contributed by atoms with Gasteiger partial charge in [0, 0.05) is 0 Å². The van der Waals surface area contributed by atoms with Gasteiger partial charge in [0.05, 0.1) is 19.1 Å². The molecule has 0 aliphatic carbocycles. The number of carbonyl (C=O) groups is 1. The number of rotatable bonds is 5. The molecule has 1 atom stereocenters. The van der Waals surface area contributed by atoms with Crippen molar-refractivity contribution in [3.8, 4) is 12.3 Å². The second kappa shape index (κ2) is 6.72. The first kappa shape index (κ1) is 13.3. The monoisotopic (exact) mass is 230 g/mol. The molecule has 17 heavy (non-hydrogen) atoms. The van der Waals surface area contributed by atoms with Gasteiger partial charge >= 0.3 is 0 Å². The number of nitrogens with one attached hydrogen (secondary N) is 2. The maximum absolute atomic E-state index is 11.5. The normalized spacial score (nSPS) is 11.6. The van der Waals surface area contributed by atoms with Gasteiger partial charge in [-0.25, -0.2) is 0 Å². The van der Waals surface area contributed by atoms with Crippen LogP contribution in [0, 0.1) is 19.3 Å². The van der Waals surface area contributed by atoms with Gasteiger partial charge in [-0.15, -0.1) is 6.42 Å². The predicted molar refractivity (Wildman–Crippen MR) is 69.4 cm³/mol. The van der Waals surface area contributed by atoms with Crippen LogP contribution in [0.15, 0.2) is 24.3 Å². The van der Waals surface area contributed by atoms with Gasteiger partial charge < -0.3 is 5.32 Å². The van der Waals surface area contributed by atoms with Crippen molar-refractivity contribution < 1.29 is 4.79 Å². The van der Waals surface area contributed by atoms with Crippen LogP contribution in [0.5, 0.6) is 0 Å². The minimum absolute atomic E-state index is 0.00994. The Labute approximate surface area is 103 Å². The maximum Gasteiger partial charge on any atom is 0.234 e. The van der Waals surface area contributed by atoms with Crippen LogP contribution in [0.1, 0.15) is 24.1 Å². The molecular weight excluding hydrogens is 212 g/mol. The standard InChI is InChI=1S/C14H18N2O/c1-4-9-15-10-14(17)16-12(3)13-7-5-11(2)6-8-13/h1,5-8,12,15H,9-10H2,2-3H3,(H,16,17)/t12-/m1/s1. The molecule has 0 aromatic heterocycles. The van der Waals surface area contributed by atoms with Crippen molar-refractivity contribution in [2.45, 2.75) is 19.9 Å². The van der Waals surface area contributed by atoms with E-state index in [9.17, 15) is 4.79 Å². The lowest BCUT2D eigenvalue weighted by Gasteiger charge is -2.14. The van der Waals surface area contributed by atoms with E-state index in [-0.39, 0.29) is 18.5 Å². The molecule has 0 saturated heterocycles. The van der Waals surface area contributed by atoms with Gasteiger partial charge in [-0.1, -0.05) is 35.7 Å². The summed E-state index contributed by atoms with van der Waals surface area (Å²) >= 11 is 0. The summed E-state index contributed by atoms with van der Waals surface area (Å²) in [6.07, 6.45) is 5.08. The average Bonchev–Trinajstić information content (AvgIpc) is 2.30. The van der Waals surface area contributed by atoms with E-state index in [1.807, 2.05) is 38.1 Å². The zero-order chi connectivity index (χ0) is 12.7. The van der Waals surface area contributed by atoms with E-state index in [2.05, 4.69) is 16.6 Å². The van der Waals surface area contributed by atoms with Gasteiger partial charge in [0.2, 0.25) is 5.91 Å². The van der Waals surface area contributed by atoms with Gasteiger partial charge in [-0.05, 0) is 19.4 Å². The molecule has 1 aromatic rings. The van der Waals surface area contributed by atoms with Crippen molar-refractivity contribution in [1.29, 1.82) is 0 Å². The van der Waals surface area contributed by atoms with E-state index < -0.39 is 0 Å². The molecule has 0 bridgehead atoms. The van der Waals surface area contributed by atoms with Crippen molar-refractivity contribution in [2.75, 3.05) is 13.1 Å². The molecule has 0 radical (unpaired) electrons. The highest BCUT2D eigenvalue weighted by atomic mass is 16.1. The molecule has 0 aliphatic rings. The first-order valence-electron chi connectivity index (χ1n) is 5.63. The fourth-order valence-electron chi connectivity index (χ4n) is 1.48. The molecule has 90 valence electrons. The highest BCUT2D eigenvalue weighted by molar-refractivity contribution is 5.78. The molecule has 1 amide bonds. The van der Waals surface area contributed by atoms with Gasteiger partial charge in [0.25, 0.3) is 0 Å². The Hall–Kier alpha value is -1.79. The second-order valence-electron chi connectivity index (χ2n) is 4.01. The summed E-state index contributed by atoms with van der Waals surface area (Å²) in [5.41, 5.74) is 2.31. The van der Waals surface area contributed by atoms with Crippen LogP contribution in [0.2, 0.25) is 0 Å². The van der Waals surface area contributed by atoms with Gasteiger partial charge in [0.15, 0.2) is 0 Å². The molecule has 0 heterocycles. The van der Waals surface area contributed by atoms with Crippen molar-refractivity contribution >= 4 is 5.91 Å². The average molecular weight is 230 g/mol. The van der Waals surface area contributed by atoms with E-state index in [4.69, 9.17) is 6.42 Å². The summed E-state index contributed by atoms with van der Waals surface area (Å²) in [6, 6.07) is 8.13. The summed E-state index contributed by atoms with van der Waals surface area (Å²) in [6.45, 7) is 4.66. The van der Waals surface area contributed by atoms with E-state index in [1.54, 1.807) is 0 Å². The molecule has 0 saturated carbocycles. The molecule has 1 rings (SSSR count). The second-order valence-corrected chi connectivity index (χ2v) is 4.01. The van der Waals surface area contributed by atoms with Crippen LogP contribution in [0.25, 0.3) is 0 Å². The Morgan fingerprint density at radius 2 is 2.06 bits per heavy atom. The summed E-state index contributed by atoms with van der Waals surface area (Å²) in [5.74, 6) is 2.38.